The molecule has 1 aromatic carbocycles. The second-order valence-corrected chi connectivity index (χ2v) is 6.85. The van der Waals surface area contributed by atoms with Crippen LogP contribution in [0.4, 0.5) is 5.95 Å². The third kappa shape index (κ3) is 3.96. The van der Waals surface area contributed by atoms with Crippen LogP contribution >= 0.6 is 0 Å². The molecule has 0 aliphatic carbocycles. The van der Waals surface area contributed by atoms with Crippen molar-refractivity contribution in [2.24, 2.45) is 5.73 Å². The zero-order chi connectivity index (χ0) is 21.1. The molecule has 1 unspecified atom stereocenters. The fourth-order valence-electron chi connectivity index (χ4n) is 3.07. The van der Waals surface area contributed by atoms with Gasteiger partial charge in [0.05, 0.1) is 12.0 Å². The maximum Gasteiger partial charge on any atom is 0.245 e. The number of ketones is 1. The van der Waals surface area contributed by atoms with Gasteiger partial charge < -0.3 is 21.2 Å². The van der Waals surface area contributed by atoms with Gasteiger partial charge in [0.25, 0.3) is 0 Å². The monoisotopic (exact) mass is 403 g/mol. The number of nitrogens with two attached hydrogens (primary N) is 2. The normalized spacial score (nSPS) is 12.1. The first-order valence-corrected chi connectivity index (χ1v) is 9.42. The lowest BCUT2D eigenvalue weighted by Crippen LogP contribution is -2.11. The number of hydrogen-bond donors (Lipinski definition) is 3. The molecule has 0 amide bonds. The summed E-state index contributed by atoms with van der Waals surface area (Å²) < 4.78 is 5.80. The summed E-state index contributed by atoms with van der Waals surface area (Å²) in [6.07, 6.45) is 3.09. The second-order valence-electron chi connectivity index (χ2n) is 6.85. The van der Waals surface area contributed by atoms with E-state index in [1.165, 1.54) is 6.33 Å². The van der Waals surface area contributed by atoms with Crippen molar-refractivity contribution in [1.29, 1.82) is 0 Å². The number of hydrogen-bond acceptors (Lipinski definition) is 8. The fourth-order valence-corrected chi connectivity index (χ4v) is 3.07. The van der Waals surface area contributed by atoms with Gasteiger partial charge >= 0.3 is 0 Å². The molecule has 4 rings (SSSR count). The number of H-pyrrole nitrogens is 1. The maximum atomic E-state index is 12.7. The van der Waals surface area contributed by atoms with Crippen LogP contribution in [-0.4, -0.2) is 30.7 Å². The number of nitrogens with one attached hydrogen (secondary N) is 1. The molecule has 5 N–H and O–H groups in total. The largest absolute Gasteiger partial charge is 0.471 e. The highest BCUT2D eigenvalue weighted by Gasteiger charge is 2.18. The highest BCUT2D eigenvalue weighted by Crippen LogP contribution is 2.23. The summed E-state index contributed by atoms with van der Waals surface area (Å²) >= 11 is 0. The quantitative estimate of drug-likeness (QED) is 0.399. The van der Waals surface area contributed by atoms with Crippen molar-refractivity contribution in [1.82, 2.24) is 24.9 Å². The maximum absolute atomic E-state index is 12.7. The van der Waals surface area contributed by atoms with Gasteiger partial charge in [0, 0.05) is 24.2 Å². The van der Waals surface area contributed by atoms with Crippen molar-refractivity contribution in [2.45, 2.75) is 26.0 Å². The molecule has 0 aliphatic rings. The Bertz CT molecular complexity index is 1170. The van der Waals surface area contributed by atoms with Crippen molar-refractivity contribution >= 4 is 22.9 Å². The van der Waals surface area contributed by atoms with Crippen molar-refractivity contribution < 1.29 is 9.53 Å². The molecular weight excluding hydrogens is 382 g/mol. The average Bonchev–Trinajstić information content (AvgIpc) is 3.25. The Kier molecular flexibility index (Phi) is 5.36. The summed E-state index contributed by atoms with van der Waals surface area (Å²) in [4.78, 5) is 32.1. The molecule has 0 fully saturated rings. The first-order valence-electron chi connectivity index (χ1n) is 9.42. The van der Waals surface area contributed by atoms with Crippen molar-refractivity contribution in [3.05, 3.63) is 71.3 Å². The van der Waals surface area contributed by atoms with Crippen molar-refractivity contribution in [3.63, 3.8) is 0 Å². The number of ether oxygens (including phenoxy) is 1. The highest BCUT2D eigenvalue weighted by atomic mass is 16.5. The summed E-state index contributed by atoms with van der Waals surface area (Å²) in [7, 11) is 0. The van der Waals surface area contributed by atoms with E-state index >= 15 is 0 Å². The first-order chi connectivity index (χ1) is 14.5. The predicted molar refractivity (Wildman–Crippen MR) is 112 cm³/mol. The number of Topliss-reactive ketones (excluding diaryl/α,β-unsaturated/α-hetero) is 1. The van der Waals surface area contributed by atoms with Crippen LogP contribution in [0.25, 0.3) is 11.2 Å². The number of fused-ring (bicyclic) bond motifs is 1. The standard InChI is InChI=1S/C21H21N7O2/c1-12(18(29)15-6-7-16(8-22)24-9-15)14-4-2-13(3-5-14)10-30-20-17-19(26-11-25-17)27-21(23)28-20/h2-7,9,11-12H,8,10,22H2,1H3,(H3,23,25,26,27,28). The van der Waals surface area contributed by atoms with E-state index in [1.54, 1.807) is 18.3 Å². The van der Waals surface area contributed by atoms with Gasteiger partial charge in [-0.3, -0.25) is 9.78 Å². The zero-order valence-corrected chi connectivity index (χ0v) is 16.4. The van der Waals surface area contributed by atoms with Gasteiger partial charge in [0.2, 0.25) is 11.8 Å². The number of carbonyl (C=O) groups excluding carboxylic acids is 1. The topological polar surface area (TPSA) is 146 Å². The van der Waals surface area contributed by atoms with E-state index in [9.17, 15) is 4.79 Å². The molecule has 0 radical (unpaired) electrons. The summed E-state index contributed by atoms with van der Waals surface area (Å²) in [5, 5.41) is 0. The lowest BCUT2D eigenvalue weighted by atomic mass is 9.92. The van der Waals surface area contributed by atoms with Gasteiger partial charge in [-0.2, -0.15) is 9.97 Å². The molecule has 3 aromatic heterocycles. The van der Waals surface area contributed by atoms with E-state index in [0.29, 0.717) is 29.2 Å². The number of benzene rings is 1. The summed E-state index contributed by atoms with van der Waals surface area (Å²) in [6, 6.07) is 11.2. The van der Waals surface area contributed by atoms with Crippen LogP contribution in [-0.2, 0) is 13.2 Å². The predicted octanol–water partition coefficient (Wildman–Crippen LogP) is 2.35. The van der Waals surface area contributed by atoms with Gasteiger partial charge in [-0.05, 0) is 23.3 Å². The second kappa shape index (κ2) is 8.26. The van der Waals surface area contributed by atoms with Crippen LogP contribution < -0.4 is 16.2 Å². The number of pyridine rings is 1. The zero-order valence-electron chi connectivity index (χ0n) is 16.4. The Hall–Kier alpha value is -3.85. The van der Waals surface area contributed by atoms with E-state index in [4.69, 9.17) is 16.2 Å². The van der Waals surface area contributed by atoms with Crippen LogP contribution in [0, 0.1) is 0 Å². The molecule has 0 saturated carbocycles. The molecule has 0 spiro atoms. The Morgan fingerprint density at radius 3 is 2.63 bits per heavy atom. The van der Waals surface area contributed by atoms with Crippen LogP contribution in [0.1, 0.15) is 40.0 Å². The lowest BCUT2D eigenvalue weighted by Gasteiger charge is -2.12. The van der Waals surface area contributed by atoms with Gasteiger partial charge in [0.15, 0.2) is 11.4 Å². The molecule has 0 aliphatic heterocycles. The Labute approximate surface area is 172 Å². The van der Waals surface area contributed by atoms with Crippen LogP contribution in [0.2, 0.25) is 0 Å². The SMILES string of the molecule is CC(C(=O)c1ccc(CN)nc1)c1ccc(COc2nc(N)nc3nc[nH]c23)cc1. The van der Waals surface area contributed by atoms with Gasteiger partial charge in [-0.15, -0.1) is 0 Å². The summed E-state index contributed by atoms with van der Waals surface area (Å²) in [5.74, 6) is 0.155. The van der Waals surface area contributed by atoms with Crippen LogP contribution in [0.5, 0.6) is 5.88 Å². The molecular formula is C21H21N7O2. The molecule has 0 saturated heterocycles. The van der Waals surface area contributed by atoms with E-state index in [2.05, 4.69) is 24.9 Å². The number of carbonyl (C=O) groups is 1. The first kappa shape index (κ1) is 19.5. The molecule has 9 nitrogen and oxygen atoms in total. The average molecular weight is 403 g/mol. The molecule has 30 heavy (non-hydrogen) atoms. The highest BCUT2D eigenvalue weighted by molar-refractivity contribution is 6.00. The Morgan fingerprint density at radius 2 is 1.93 bits per heavy atom. The van der Waals surface area contributed by atoms with Crippen LogP contribution in [0.3, 0.4) is 0 Å². The van der Waals surface area contributed by atoms with Crippen molar-refractivity contribution in [3.8, 4) is 5.88 Å². The van der Waals surface area contributed by atoms with E-state index in [1.807, 2.05) is 31.2 Å². The number of nitrogens with zero attached hydrogens (tertiary/aromatic N) is 4. The minimum Gasteiger partial charge on any atom is -0.471 e. The number of aromatic nitrogens is 5. The van der Waals surface area contributed by atoms with Crippen molar-refractivity contribution in [2.75, 3.05) is 5.73 Å². The van der Waals surface area contributed by atoms with Gasteiger partial charge in [0.1, 0.15) is 12.1 Å². The van der Waals surface area contributed by atoms with Crippen LogP contribution in [0.15, 0.2) is 48.9 Å². The number of imidazole rings is 1. The molecule has 9 heteroatoms. The molecule has 152 valence electrons. The van der Waals surface area contributed by atoms with Gasteiger partial charge in [-0.1, -0.05) is 31.2 Å². The summed E-state index contributed by atoms with van der Waals surface area (Å²) in [5.41, 5.74) is 15.5. The Morgan fingerprint density at radius 1 is 1.13 bits per heavy atom. The smallest absolute Gasteiger partial charge is 0.245 e. The number of aromatic amines is 1. The summed E-state index contributed by atoms with van der Waals surface area (Å²) in [6.45, 7) is 2.52. The Balaban J connectivity index is 1.44. The minimum absolute atomic E-state index is 0.00756. The van der Waals surface area contributed by atoms with E-state index < -0.39 is 0 Å². The minimum atomic E-state index is -0.295. The van der Waals surface area contributed by atoms with E-state index in [0.717, 1.165) is 16.8 Å². The van der Waals surface area contributed by atoms with Gasteiger partial charge in [-0.25, -0.2) is 4.98 Å². The third-order valence-electron chi connectivity index (χ3n) is 4.84. The van der Waals surface area contributed by atoms with E-state index in [-0.39, 0.29) is 24.3 Å². The lowest BCUT2D eigenvalue weighted by molar-refractivity contribution is 0.0965. The third-order valence-corrected chi connectivity index (χ3v) is 4.84. The number of rotatable bonds is 7. The molecule has 1 atom stereocenters. The molecule has 0 bridgehead atoms. The molecule has 4 aromatic rings. The number of anilines is 1. The molecule has 3 heterocycles. The number of nitrogen functional groups attached to an aromatic ring is 1. The fraction of sp³-hybridized carbons (Fsp3) is 0.190.